The number of hydrogen-bond donors (Lipinski definition) is 2. The second-order valence-corrected chi connectivity index (χ2v) is 6.28. The Balaban J connectivity index is 1.60. The molecular formula is C21H22N4O2. The van der Waals surface area contributed by atoms with Crippen LogP contribution in [0.2, 0.25) is 0 Å². The molecule has 0 aliphatic heterocycles. The molecule has 0 atom stereocenters. The van der Waals surface area contributed by atoms with Crippen LogP contribution in [-0.4, -0.2) is 28.1 Å². The Kier molecular flexibility index (Phi) is 5.66. The summed E-state index contributed by atoms with van der Waals surface area (Å²) in [6, 6.07) is 19.1. The predicted octanol–water partition coefficient (Wildman–Crippen LogP) is 2.79. The van der Waals surface area contributed by atoms with Gasteiger partial charge in [0.1, 0.15) is 0 Å². The summed E-state index contributed by atoms with van der Waals surface area (Å²) in [5, 5.41) is 10.0. The van der Waals surface area contributed by atoms with Crippen molar-refractivity contribution in [1.29, 1.82) is 0 Å². The van der Waals surface area contributed by atoms with Crippen LogP contribution in [-0.2, 0) is 16.0 Å². The molecule has 6 nitrogen and oxygen atoms in total. The Labute approximate surface area is 158 Å². The normalized spacial score (nSPS) is 10.4. The number of nitrogens with one attached hydrogen (secondary N) is 2. The van der Waals surface area contributed by atoms with Gasteiger partial charge in [0.2, 0.25) is 11.8 Å². The van der Waals surface area contributed by atoms with E-state index in [4.69, 9.17) is 0 Å². The molecule has 0 aliphatic rings. The summed E-state index contributed by atoms with van der Waals surface area (Å²) in [7, 11) is 0. The summed E-state index contributed by atoms with van der Waals surface area (Å²) in [6.45, 7) is 3.66. The predicted molar refractivity (Wildman–Crippen MR) is 105 cm³/mol. The highest BCUT2D eigenvalue weighted by Crippen LogP contribution is 2.22. The van der Waals surface area contributed by atoms with E-state index in [0.29, 0.717) is 5.69 Å². The second kappa shape index (κ2) is 8.31. The smallest absolute Gasteiger partial charge is 0.243 e. The molecule has 0 saturated carbocycles. The highest BCUT2D eigenvalue weighted by atomic mass is 16.2. The molecule has 0 aliphatic carbocycles. The Morgan fingerprint density at radius 2 is 1.56 bits per heavy atom. The molecule has 0 radical (unpaired) electrons. The maximum absolute atomic E-state index is 12.3. The first-order chi connectivity index (χ1) is 13.0. The number of aromatic nitrogens is 2. The average Bonchev–Trinajstić information content (AvgIpc) is 2.96. The number of amides is 2. The van der Waals surface area contributed by atoms with Crippen LogP contribution in [0.1, 0.15) is 17.0 Å². The molecule has 0 unspecified atom stereocenters. The molecule has 27 heavy (non-hydrogen) atoms. The lowest BCUT2D eigenvalue weighted by Crippen LogP contribution is -2.34. The number of aryl methyl sites for hydroxylation is 1. The van der Waals surface area contributed by atoms with Gasteiger partial charge in [-0.05, 0) is 31.5 Å². The van der Waals surface area contributed by atoms with Crippen LogP contribution >= 0.6 is 0 Å². The van der Waals surface area contributed by atoms with Gasteiger partial charge in [0.25, 0.3) is 0 Å². The van der Waals surface area contributed by atoms with E-state index in [1.54, 1.807) is 4.68 Å². The van der Waals surface area contributed by atoms with Crippen LogP contribution in [0.15, 0.2) is 60.7 Å². The molecular weight excluding hydrogens is 340 g/mol. The van der Waals surface area contributed by atoms with Crippen molar-refractivity contribution in [3.05, 3.63) is 77.6 Å². The number of benzene rings is 2. The van der Waals surface area contributed by atoms with E-state index in [2.05, 4.69) is 15.7 Å². The Morgan fingerprint density at radius 1 is 0.926 bits per heavy atom. The zero-order valence-electron chi connectivity index (χ0n) is 15.4. The van der Waals surface area contributed by atoms with Crippen LogP contribution in [0.4, 0.5) is 5.69 Å². The third-order valence-corrected chi connectivity index (χ3v) is 4.21. The van der Waals surface area contributed by atoms with Gasteiger partial charge in [0.05, 0.1) is 35.7 Å². The molecule has 1 aromatic heterocycles. The van der Waals surface area contributed by atoms with Crippen LogP contribution in [0.3, 0.4) is 0 Å². The largest absolute Gasteiger partial charge is 0.347 e. The zero-order valence-corrected chi connectivity index (χ0v) is 15.4. The van der Waals surface area contributed by atoms with Crippen molar-refractivity contribution in [1.82, 2.24) is 15.1 Å². The summed E-state index contributed by atoms with van der Waals surface area (Å²) >= 11 is 0. The number of para-hydroxylation sites is 1. The van der Waals surface area contributed by atoms with Gasteiger partial charge in [-0.15, -0.1) is 0 Å². The number of carbonyl (C=O) groups excluding carboxylic acids is 2. The topological polar surface area (TPSA) is 76.0 Å². The van der Waals surface area contributed by atoms with Crippen molar-refractivity contribution in [2.24, 2.45) is 0 Å². The average molecular weight is 362 g/mol. The fraction of sp³-hybridized carbons (Fsp3) is 0.190. The SMILES string of the molecule is Cc1nn(-c2ccccc2)c(C)c1NC(=O)CNC(=O)Cc1ccccc1. The Morgan fingerprint density at radius 3 is 2.22 bits per heavy atom. The molecule has 0 fully saturated rings. The van der Waals surface area contributed by atoms with Gasteiger partial charge < -0.3 is 10.6 Å². The lowest BCUT2D eigenvalue weighted by molar-refractivity contribution is -0.123. The monoisotopic (exact) mass is 362 g/mol. The first-order valence-corrected chi connectivity index (χ1v) is 8.76. The van der Waals surface area contributed by atoms with E-state index < -0.39 is 0 Å². The summed E-state index contributed by atoms with van der Waals surface area (Å²) < 4.78 is 1.79. The summed E-state index contributed by atoms with van der Waals surface area (Å²) in [4.78, 5) is 24.2. The lowest BCUT2D eigenvalue weighted by Gasteiger charge is -2.08. The summed E-state index contributed by atoms with van der Waals surface area (Å²) in [5.74, 6) is -0.472. The zero-order chi connectivity index (χ0) is 19.2. The Bertz CT molecular complexity index is 934. The third kappa shape index (κ3) is 4.61. The number of rotatable bonds is 6. The van der Waals surface area contributed by atoms with Crippen molar-refractivity contribution in [2.75, 3.05) is 11.9 Å². The van der Waals surface area contributed by atoms with Gasteiger partial charge in [-0.2, -0.15) is 5.10 Å². The number of nitrogens with zero attached hydrogens (tertiary/aromatic N) is 2. The fourth-order valence-corrected chi connectivity index (χ4v) is 2.85. The lowest BCUT2D eigenvalue weighted by atomic mass is 10.1. The quantitative estimate of drug-likeness (QED) is 0.708. The molecule has 2 N–H and O–H groups in total. The van der Waals surface area contributed by atoms with Gasteiger partial charge in [-0.3, -0.25) is 9.59 Å². The molecule has 138 valence electrons. The summed E-state index contributed by atoms with van der Waals surface area (Å²) in [6.07, 6.45) is 0.248. The molecule has 0 saturated heterocycles. The van der Waals surface area contributed by atoms with E-state index in [-0.39, 0.29) is 24.8 Å². The molecule has 6 heteroatoms. The van der Waals surface area contributed by atoms with Crippen LogP contribution < -0.4 is 10.6 Å². The molecule has 0 spiro atoms. The molecule has 3 aromatic rings. The second-order valence-electron chi connectivity index (χ2n) is 6.28. The first-order valence-electron chi connectivity index (χ1n) is 8.76. The van der Waals surface area contributed by atoms with Crippen LogP contribution in [0, 0.1) is 13.8 Å². The molecule has 3 rings (SSSR count). The van der Waals surface area contributed by atoms with Crippen LogP contribution in [0.5, 0.6) is 0 Å². The van der Waals surface area contributed by atoms with Gasteiger partial charge in [-0.1, -0.05) is 48.5 Å². The van der Waals surface area contributed by atoms with E-state index in [9.17, 15) is 9.59 Å². The van der Waals surface area contributed by atoms with E-state index in [1.807, 2.05) is 74.5 Å². The molecule has 2 aromatic carbocycles. The first kappa shape index (κ1) is 18.4. The van der Waals surface area contributed by atoms with Crippen molar-refractivity contribution >= 4 is 17.5 Å². The van der Waals surface area contributed by atoms with Crippen molar-refractivity contribution in [3.63, 3.8) is 0 Å². The van der Waals surface area contributed by atoms with Crippen molar-refractivity contribution in [3.8, 4) is 5.69 Å². The third-order valence-electron chi connectivity index (χ3n) is 4.21. The van der Waals surface area contributed by atoms with Gasteiger partial charge in [0.15, 0.2) is 0 Å². The van der Waals surface area contributed by atoms with E-state index in [1.165, 1.54) is 0 Å². The maximum atomic E-state index is 12.3. The number of anilines is 1. The highest BCUT2D eigenvalue weighted by molar-refractivity contribution is 5.95. The minimum Gasteiger partial charge on any atom is -0.347 e. The van der Waals surface area contributed by atoms with Crippen molar-refractivity contribution in [2.45, 2.75) is 20.3 Å². The highest BCUT2D eigenvalue weighted by Gasteiger charge is 2.15. The van der Waals surface area contributed by atoms with Gasteiger partial charge in [0, 0.05) is 0 Å². The molecule has 0 bridgehead atoms. The van der Waals surface area contributed by atoms with Crippen LogP contribution in [0.25, 0.3) is 5.69 Å². The molecule has 2 amide bonds. The van der Waals surface area contributed by atoms with E-state index >= 15 is 0 Å². The molecule has 1 heterocycles. The van der Waals surface area contributed by atoms with Gasteiger partial charge in [-0.25, -0.2) is 4.68 Å². The minimum absolute atomic E-state index is 0.0823. The summed E-state index contributed by atoms with van der Waals surface area (Å²) in [5.41, 5.74) is 4.06. The Hall–Kier alpha value is -3.41. The maximum Gasteiger partial charge on any atom is 0.243 e. The number of carbonyl (C=O) groups is 2. The van der Waals surface area contributed by atoms with E-state index in [0.717, 1.165) is 22.6 Å². The standard InChI is InChI=1S/C21H22N4O2/c1-15-21(16(2)25(24-15)18-11-7-4-8-12-18)23-20(27)14-22-19(26)13-17-9-5-3-6-10-17/h3-12H,13-14H2,1-2H3,(H,22,26)(H,23,27). The van der Waals surface area contributed by atoms with Gasteiger partial charge >= 0.3 is 0 Å². The van der Waals surface area contributed by atoms with Crippen molar-refractivity contribution < 1.29 is 9.59 Å². The fourth-order valence-electron chi connectivity index (χ4n) is 2.85. The minimum atomic E-state index is -0.282. The number of hydrogen-bond acceptors (Lipinski definition) is 3.